The lowest BCUT2D eigenvalue weighted by Gasteiger charge is -2.08. The molecule has 1 saturated heterocycles. The number of imide groups is 1. The molecule has 6 heteroatoms. The van der Waals surface area contributed by atoms with Crippen LogP contribution < -0.4 is 5.32 Å². The van der Waals surface area contributed by atoms with E-state index < -0.39 is 0 Å². The van der Waals surface area contributed by atoms with E-state index in [9.17, 15) is 9.59 Å². The van der Waals surface area contributed by atoms with Gasteiger partial charge in [-0.2, -0.15) is 0 Å². The van der Waals surface area contributed by atoms with Crippen molar-refractivity contribution in [1.29, 1.82) is 0 Å². The van der Waals surface area contributed by atoms with E-state index >= 15 is 0 Å². The number of carbonyl (C=O) groups is 2. The summed E-state index contributed by atoms with van der Waals surface area (Å²) in [6.07, 6.45) is 4.50. The zero-order valence-corrected chi connectivity index (χ0v) is 16.2. The Morgan fingerprint density at radius 1 is 1.07 bits per heavy atom. The molecule has 2 aromatic carbocycles. The van der Waals surface area contributed by atoms with Crippen LogP contribution in [0.25, 0.3) is 17.0 Å². The van der Waals surface area contributed by atoms with Crippen molar-refractivity contribution in [3.8, 4) is 0 Å². The average Bonchev–Trinajstić information content (AvgIpc) is 3.17. The topological polar surface area (TPSA) is 54.3 Å². The van der Waals surface area contributed by atoms with Gasteiger partial charge in [0.1, 0.15) is 5.70 Å². The van der Waals surface area contributed by atoms with Crippen molar-refractivity contribution in [2.75, 3.05) is 6.54 Å². The van der Waals surface area contributed by atoms with Gasteiger partial charge in [-0.3, -0.25) is 9.69 Å². The molecule has 3 aromatic rings. The second-order valence-electron chi connectivity index (χ2n) is 6.80. The fourth-order valence-electron chi connectivity index (χ4n) is 3.46. The van der Waals surface area contributed by atoms with Gasteiger partial charge < -0.3 is 9.88 Å². The summed E-state index contributed by atoms with van der Waals surface area (Å²) in [5.41, 5.74) is 3.40. The Labute approximate surface area is 168 Å². The number of fused-ring (bicyclic) bond motifs is 1. The molecular weight excluding hydrogens is 374 g/mol. The number of nitrogens with zero attached hydrogens (tertiary/aromatic N) is 2. The molecular formula is C22H20ClN3O2. The van der Waals surface area contributed by atoms with Gasteiger partial charge in [0.15, 0.2) is 0 Å². The monoisotopic (exact) mass is 393 g/mol. The van der Waals surface area contributed by atoms with Gasteiger partial charge in [-0.1, -0.05) is 48.9 Å². The largest absolute Gasteiger partial charge is 0.342 e. The van der Waals surface area contributed by atoms with E-state index in [0.717, 1.165) is 28.5 Å². The van der Waals surface area contributed by atoms with Crippen LogP contribution in [-0.4, -0.2) is 28.0 Å². The highest BCUT2D eigenvalue weighted by Crippen LogP contribution is 2.26. The smallest absolute Gasteiger partial charge is 0.329 e. The average molecular weight is 394 g/mol. The fraction of sp³-hybridized carbons (Fsp3) is 0.182. The minimum atomic E-state index is -0.358. The molecule has 0 aliphatic carbocycles. The molecule has 0 radical (unpaired) electrons. The Hall–Kier alpha value is -3.05. The number of rotatable bonds is 5. The maximum absolute atomic E-state index is 12.5. The minimum Gasteiger partial charge on any atom is -0.342 e. The maximum atomic E-state index is 12.5. The van der Waals surface area contributed by atoms with E-state index in [4.69, 9.17) is 11.6 Å². The van der Waals surface area contributed by atoms with E-state index in [0.29, 0.717) is 23.8 Å². The summed E-state index contributed by atoms with van der Waals surface area (Å²) in [6.45, 7) is 3.04. The zero-order chi connectivity index (χ0) is 19.7. The van der Waals surface area contributed by atoms with Crippen LogP contribution in [0.5, 0.6) is 0 Å². The predicted molar refractivity (Wildman–Crippen MR) is 111 cm³/mol. The number of para-hydroxylation sites is 1. The van der Waals surface area contributed by atoms with Crippen molar-refractivity contribution in [2.24, 2.45) is 0 Å². The maximum Gasteiger partial charge on any atom is 0.329 e. The third-order valence-electron chi connectivity index (χ3n) is 4.79. The van der Waals surface area contributed by atoms with Gasteiger partial charge in [-0.25, -0.2) is 4.79 Å². The summed E-state index contributed by atoms with van der Waals surface area (Å²) >= 11 is 5.98. The lowest BCUT2D eigenvalue weighted by Crippen LogP contribution is -2.31. The first-order chi connectivity index (χ1) is 13.6. The molecule has 1 N–H and O–H groups in total. The zero-order valence-electron chi connectivity index (χ0n) is 15.5. The Balaban J connectivity index is 1.71. The lowest BCUT2D eigenvalue weighted by molar-refractivity contribution is -0.122. The van der Waals surface area contributed by atoms with E-state index in [1.807, 2.05) is 61.7 Å². The van der Waals surface area contributed by atoms with Crippen LogP contribution in [-0.2, 0) is 11.3 Å². The Morgan fingerprint density at radius 3 is 2.57 bits per heavy atom. The van der Waals surface area contributed by atoms with Gasteiger partial charge in [0.2, 0.25) is 0 Å². The van der Waals surface area contributed by atoms with Crippen LogP contribution in [0.4, 0.5) is 4.79 Å². The number of halogens is 1. The Morgan fingerprint density at radius 2 is 1.82 bits per heavy atom. The molecule has 0 spiro atoms. The summed E-state index contributed by atoms with van der Waals surface area (Å²) < 4.78 is 2.13. The van der Waals surface area contributed by atoms with Crippen LogP contribution >= 0.6 is 11.6 Å². The molecule has 0 saturated carbocycles. The second-order valence-corrected chi connectivity index (χ2v) is 7.24. The van der Waals surface area contributed by atoms with Crippen LogP contribution in [0.15, 0.2) is 60.4 Å². The molecule has 28 heavy (non-hydrogen) atoms. The van der Waals surface area contributed by atoms with Crippen LogP contribution in [0.2, 0.25) is 5.02 Å². The van der Waals surface area contributed by atoms with E-state index in [2.05, 4.69) is 9.88 Å². The van der Waals surface area contributed by atoms with Crippen molar-refractivity contribution in [3.63, 3.8) is 0 Å². The van der Waals surface area contributed by atoms with E-state index in [1.54, 1.807) is 6.08 Å². The van der Waals surface area contributed by atoms with Crippen molar-refractivity contribution in [2.45, 2.75) is 19.9 Å². The van der Waals surface area contributed by atoms with Gasteiger partial charge in [-0.05, 0) is 36.3 Å². The molecule has 142 valence electrons. The molecule has 0 bridgehead atoms. The molecule has 1 aromatic heterocycles. The van der Waals surface area contributed by atoms with Gasteiger partial charge in [0.25, 0.3) is 5.91 Å². The fourth-order valence-corrected chi connectivity index (χ4v) is 3.59. The highest BCUT2D eigenvalue weighted by atomic mass is 35.5. The molecule has 5 nitrogen and oxygen atoms in total. The molecule has 1 aliphatic rings. The summed E-state index contributed by atoms with van der Waals surface area (Å²) in [6, 6.07) is 15.4. The highest BCUT2D eigenvalue weighted by molar-refractivity contribution is 6.30. The molecule has 0 unspecified atom stereocenters. The normalized spacial score (nSPS) is 15.6. The molecule has 1 aliphatic heterocycles. The van der Waals surface area contributed by atoms with Crippen LogP contribution in [0.1, 0.15) is 24.5 Å². The summed E-state index contributed by atoms with van der Waals surface area (Å²) in [5.74, 6) is -0.276. The van der Waals surface area contributed by atoms with Crippen LogP contribution in [0, 0.1) is 0 Å². The second kappa shape index (κ2) is 7.52. The number of hydrogen-bond acceptors (Lipinski definition) is 2. The SMILES string of the molecule is CCCN1C(=O)N/C(=C/c2cn(Cc3ccc(Cl)cc3)c3ccccc23)C1=O. The first-order valence-corrected chi connectivity index (χ1v) is 9.61. The van der Waals surface area contributed by atoms with Gasteiger partial charge >= 0.3 is 6.03 Å². The number of benzene rings is 2. The standard InChI is InChI=1S/C22H20ClN3O2/c1-2-11-26-21(27)19(24-22(26)28)12-16-14-25(20-6-4-3-5-18(16)20)13-15-7-9-17(23)10-8-15/h3-10,12,14H,2,11,13H2,1H3,(H,24,28)/b19-12+. The summed E-state index contributed by atoms with van der Waals surface area (Å²) in [5, 5.41) is 4.43. The first-order valence-electron chi connectivity index (χ1n) is 9.23. The summed E-state index contributed by atoms with van der Waals surface area (Å²) in [7, 11) is 0. The number of amides is 3. The molecule has 2 heterocycles. The summed E-state index contributed by atoms with van der Waals surface area (Å²) in [4.78, 5) is 25.8. The Bertz CT molecular complexity index is 1080. The first kappa shape index (κ1) is 18.3. The lowest BCUT2D eigenvalue weighted by atomic mass is 10.1. The van der Waals surface area contributed by atoms with E-state index in [-0.39, 0.29) is 11.9 Å². The third kappa shape index (κ3) is 3.41. The number of carbonyl (C=O) groups excluding carboxylic acids is 2. The minimum absolute atomic E-state index is 0.276. The van der Waals surface area contributed by atoms with Gasteiger partial charge in [0.05, 0.1) is 0 Å². The Kier molecular flexibility index (Phi) is 4.92. The predicted octanol–water partition coefficient (Wildman–Crippen LogP) is 4.65. The number of hydrogen-bond donors (Lipinski definition) is 1. The molecule has 4 rings (SSSR count). The van der Waals surface area contributed by atoms with Crippen LogP contribution in [0.3, 0.4) is 0 Å². The van der Waals surface area contributed by atoms with Crippen molar-refractivity contribution in [3.05, 3.63) is 76.6 Å². The van der Waals surface area contributed by atoms with Crippen molar-refractivity contribution >= 4 is 40.5 Å². The molecule has 0 atom stereocenters. The highest BCUT2D eigenvalue weighted by Gasteiger charge is 2.32. The van der Waals surface area contributed by atoms with Crippen molar-refractivity contribution < 1.29 is 9.59 Å². The van der Waals surface area contributed by atoms with E-state index in [1.165, 1.54) is 4.90 Å². The van der Waals surface area contributed by atoms with Crippen molar-refractivity contribution in [1.82, 2.24) is 14.8 Å². The number of urea groups is 1. The number of nitrogens with one attached hydrogen (secondary N) is 1. The van der Waals surface area contributed by atoms with Gasteiger partial charge in [0, 0.05) is 40.8 Å². The molecule has 3 amide bonds. The quantitative estimate of drug-likeness (QED) is 0.507. The number of aromatic nitrogens is 1. The van der Waals surface area contributed by atoms with Gasteiger partial charge in [-0.15, -0.1) is 0 Å². The third-order valence-corrected chi connectivity index (χ3v) is 5.05. The molecule has 1 fully saturated rings.